The number of nitrogens with two attached hydrogens (primary N) is 1. The third kappa shape index (κ3) is 1.81. The van der Waals surface area contributed by atoms with E-state index >= 15 is 0 Å². The smallest absolute Gasteiger partial charge is 0.247 e. The first-order valence-electron chi connectivity index (χ1n) is 5.86. The molecule has 2 heterocycles. The van der Waals surface area contributed by atoms with Gasteiger partial charge in [0.05, 0.1) is 17.1 Å². The lowest BCUT2D eigenvalue weighted by Gasteiger charge is -1.97. The normalized spacial score (nSPS) is 11.1. The van der Waals surface area contributed by atoms with Gasteiger partial charge in [0.15, 0.2) is 0 Å². The van der Waals surface area contributed by atoms with Crippen LogP contribution in [0.1, 0.15) is 31.0 Å². The maximum atomic E-state index is 6.06. The van der Waals surface area contributed by atoms with Crippen LogP contribution in [0.15, 0.2) is 4.42 Å². The third-order valence-electron chi connectivity index (χ3n) is 2.91. The van der Waals surface area contributed by atoms with Crippen LogP contribution in [0.5, 0.6) is 0 Å². The van der Waals surface area contributed by atoms with Gasteiger partial charge in [-0.3, -0.25) is 4.68 Å². The first kappa shape index (κ1) is 11.7. The Bertz CT molecular complexity index is 539. The summed E-state index contributed by atoms with van der Waals surface area (Å²) in [6.07, 6.45) is 1.64. The van der Waals surface area contributed by atoms with E-state index in [9.17, 15) is 0 Å². The number of hydrogen-bond donors (Lipinski definition) is 1. The first-order valence-corrected chi connectivity index (χ1v) is 5.86. The van der Waals surface area contributed by atoms with Crippen LogP contribution in [-0.4, -0.2) is 14.8 Å². The van der Waals surface area contributed by atoms with Gasteiger partial charge in [-0.2, -0.15) is 5.10 Å². The number of aromatic nitrogens is 3. The molecule has 0 aliphatic heterocycles. The van der Waals surface area contributed by atoms with Gasteiger partial charge in [0.2, 0.25) is 5.89 Å². The highest BCUT2D eigenvalue weighted by Crippen LogP contribution is 2.29. The standard InChI is InChI=1S/C12H18N4O/c1-5-8-10(13)11(16(4)15-8)12-14-7(3)9(6-2)17-12/h5-6,13H2,1-4H3. The number of aryl methyl sites for hydroxylation is 4. The average Bonchev–Trinajstić information content (AvgIpc) is 2.79. The summed E-state index contributed by atoms with van der Waals surface area (Å²) in [5, 5.41) is 4.36. The van der Waals surface area contributed by atoms with Crippen molar-refractivity contribution in [1.82, 2.24) is 14.8 Å². The Hall–Kier alpha value is -1.78. The average molecular weight is 234 g/mol. The Morgan fingerprint density at radius 2 is 2.00 bits per heavy atom. The van der Waals surface area contributed by atoms with Crippen LogP contribution in [-0.2, 0) is 19.9 Å². The zero-order valence-corrected chi connectivity index (χ0v) is 10.7. The molecule has 17 heavy (non-hydrogen) atoms. The van der Waals surface area contributed by atoms with Crippen molar-refractivity contribution >= 4 is 5.69 Å². The van der Waals surface area contributed by atoms with E-state index in [2.05, 4.69) is 10.1 Å². The highest BCUT2D eigenvalue weighted by atomic mass is 16.4. The van der Waals surface area contributed by atoms with Crippen LogP contribution in [0.25, 0.3) is 11.6 Å². The molecule has 0 aliphatic rings. The Kier molecular flexibility index (Phi) is 2.92. The molecule has 0 atom stereocenters. The van der Waals surface area contributed by atoms with Gasteiger partial charge in [-0.25, -0.2) is 4.98 Å². The molecule has 2 rings (SSSR count). The molecule has 0 amide bonds. The number of nitrogen functional groups attached to an aromatic ring is 1. The Labute approximate surface area is 101 Å². The van der Waals surface area contributed by atoms with Gasteiger partial charge in [0.25, 0.3) is 0 Å². The predicted molar refractivity (Wildman–Crippen MR) is 66.6 cm³/mol. The van der Waals surface area contributed by atoms with Gasteiger partial charge in [-0.05, 0) is 13.3 Å². The predicted octanol–water partition coefficient (Wildman–Crippen LogP) is 2.09. The second-order valence-corrected chi connectivity index (χ2v) is 4.07. The van der Waals surface area contributed by atoms with Crippen molar-refractivity contribution in [3.63, 3.8) is 0 Å². The SMILES string of the molecule is CCc1nn(C)c(-c2nc(C)c(CC)o2)c1N. The van der Waals surface area contributed by atoms with Crippen LogP contribution in [0.3, 0.4) is 0 Å². The maximum Gasteiger partial charge on any atom is 0.247 e. The lowest BCUT2D eigenvalue weighted by atomic mass is 10.2. The van der Waals surface area contributed by atoms with Crippen LogP contribution in [0.2, 0.25) is 0 Å². The molecular weight excluding hydrogens is 216 g/mol. The second kappa shape index (κ2) is 4.24. The molecular formula is C12H18N4O. The summed E-state index contributed by atoms with van der Waals surface area (Å²) in [7, 11) is 1.86. The summed E-state index contributed by atoms with van der Waals surface area (Å²) in [6.45, 7) is 6.02. The number of hydrogen-bond acceptors (Lipinski definition) is 4. The molecule has 0 aliphatic carbocycles. The van der Waals surface area contributed by atoms with Crippen molar-refractivity contribution in [2.45, 2.75) is 33.6 Å². The summed E-state index contributed by atoms with van der Waals surface area (Å²) < 4.78 is 7.45. The van der Waals surface area contributed by atoms with E-state index in [1.165, 1.54) is 0 Å². The molecule has 2 aromatic heterocycles. The van der Waals surface area contributed by atoms with Gasteiger partial charge in [0, 0.05) is 13.5 Å². The van der Waals surface area contributed by atoms with Crippen molar-refractivity contribution in [3.8, 4) is 11.6 Å². The zero-order valence-electron chi connectivity index (χ0n) is 10.7. The van der Waals surface area contributed by atoms with Gasteiger partial charge in [0.1, 0.15) is 11.5 Å². The lowest BCUT2D eigenvalue weighted by molar-refractivity contribution is 0.516. The summed E-state index contributed by atoms with van der Waals surface area (Å²) >= 11 is 0. The number of nitrogens with zero attached hydrogens (tertiary/aromatic N) is 3. The molecule has 92 valence electrons. The third-order valence-corrected chi connectivity index (χ3v) is 2.91. The second-order valence-electron chi connectivity index (χ2n) is 4.07. The molecule has 0 unspecified atom stereocenters. The Balaban J connectivity index is 2.55. The van der Waals surface area contributed by atoms with Crippen molar-refractivity contribution in [1.29, 1.82) is 0 Å². The van der Waals surface area contributed by atoms with E-state index in [0.29, 0.717) is 11.6 Å². The fourth-order valence-corrected chi connectivity index (χ4v) is 1.97. The highest BCUT2D eigenvalue weighted by molar-refractivity contribution is 5.69. The topological polar surface area (TPSA) is 69.9 Å². The molecule has 0 aromatic carbocycles. The molecule has 5 heteroatoms. The fourth-order valence-electron chi connectivity index (χ4n) is 1.97. The Morgan fingerprint density at radius 3 is 2.47 bits per heavy atom. The van der Waals surface area contributed by atoms with Gasteiger partial charge < -0.3 is 10.2 Å². The molecule has 0 saturated heterocycles. The summed E-state index contributed by atoms with van der Waals surface area (Å²) in [5.74, 6) is 1.46. The molecule has 0 radical (unpaired) electrons. The van der Waals surface area contributed by atoms with Crippen molar-refractivity contribution in [2.75, 3.05) is 5.73 Å². The van der Waals surface area contributed by atoms with Gasteiger partial charge in [-0.1, -0.05) is 13.8 Å². The van der Waals surface area contributed by atoms with Crippen LogP contribution in [0, 0.1) is 6.92 Å². The van der Waals surface area contributed by atoms with Gasteiger partial charge in [-0.15, -0.1) is 0 Å². The molecule has 0 bridgehead atoms. The fraction of sp³-hybridized carbons (Fsp3) is 0.500. The van der Waals surface area contributed by atoms with Gasteiger partial charge >= 0.3 is 0 Å². The molecule has 0 saturated carbocycles. The van der Waals surface area contributed by atoms with E-state index in [0.717, 1.165) is 35.7 Å². The van der Waals surface area contributed by atoms with E-state index in [4.69, 9.17) is 10.2 Å². The number of oxazole rings is 1. The van der Waals surface area contributed by atoms with Crippen LogP contribution < -0.4 is 5.73 Å². The van der Waals surface area contributed by atoms with Crippen LogP contribution >= 0.6 is 0 Å². The van der Waals surface area contributed by atoms with Crippen LogP contribution in [0.4, 0.5) is 5.69 Å². The Morgan fingerprint density at radius 1 is 1.29 bits per heavy atom. The highest BCUT2D eigenvalue weighted by Gasteiger charge is 2.19. The minimum atomic E-state index is 0.562. The van der Waals surface area contributed by atoms with E-state index in [1.807, 2.05) is 27.8 Å². The molecule has 2 aromatic rings. The molecule has 2 N–H and O–H groups in total. The largest absolute Gasteiger partial charge is 0.440 e. The van der Waals surface area contributed by atoms with E-state index < -0.39 is 0 Å². The number of anilines is 1. The minimum absolute atomic E-state index is 0.562. The minimum Gasteiger partial charge on any atom is -0.440 e. The van der Waals surface area contributed by atoms with Crippen molar-refractivity contribution < 1.29 is 4.42 Å². The maximum absolute atomic E-state index is 6.06. The molecule has 5 nitrogen and oxygen atoms in total. The van der Waals surface area contributed by atoms with E-state index in [1.54, 1.807) is 4.68 Å². The zero-order chi connectivity index (χ0) is 12.6. The lowest BCUT2D eigenvalue weighted by Crippen LogP contribution is -1.95. The first-order chi connectivity index (χ1) is 8.08. The number of rotatable bonds is 3. The summed E-state index contributed by atoms with van der Waals surface area (Å²) in [4.78, 5) is 4.41. The van der Waals surface area contributed by atoms with Crippen molar-refractivity contribution in [2.24, 2.45) is 7.05 Å². The van der Waals surface area contributed by atoms with Crippen molar-refractivity contribution in [3.05, 3.63) is 17.1 Å². The van der Waals surface area contributed by atoms with E-state index in [-0.39, 0.29) is 0 Å². The summed E-state index contributed by atoms with van der Waals surface area (Å²) in [5.41, 5.74) is 9.30. The molecule has 0 fully saturated rings. The monoisotopic (exact) mass is 234 g/mol. The quantitative estimate of drug-likeness (QED) is 0.882. The summed E-state index contributed by atoms with van der Waals surface area (Å²) in [6, 6.07) is 0. The molecule has 0 spiro atoms.